The van der Waals surface area contributed by atoms with Crippen molar-refractivity contribution in [2.45, 2.75) is 32.5 Å². The van der Waals surface area contributed by atoms with E-state index in [9.17, 15) is 16.8 Å². The zero-order valence-electron chi connectivity index (χ0n) is 17.7. The summed E-state index contributed by atoms with van der Waals surface area (Å²) in [5, 5.41) is 0. The molecule has 0 unspecified atom stereocenters. The van der Waals surface area contributed by atoms with Crippen LogP contribution in [0.1, 0.15) is 25.3 Å². The van der Waals surface area contributed by atoms with Gasteiger partial charge in [0.15, 0.2) is 0 Å². The Bertz CT molecular complexity index is 779. The number of hydrogen-bond donors (Lipinski definition) is 0. The maximum absolute atomic E-state index is 11.4. The molecule has 174 valence electrons. The smallest absolute Gasteiger partial charge is 0.264 e. The highest BCUT2D eigenvalue weighted by Gasteiger charge is 2.26. The molecule has 0 aromatic heterocycles. The van der Waals surface area contributed by atoms with Gasteiger partial charge in [0.05, 0.1) is 45.0 Å². The maximum atomic E-state index is 11.4. The summed E-state index contributed by atoms with van der Waals surface area (Å²) in [5.74, 6) is -0.585. The van der Waals surface area contributed by atoms with Crippen molar-refractivity contribution in [3.63, 3.8) is 0 Å². The average molecular weight is 469 g/mol. The minimum absolute atomic E-state index is 0.117. The molecule has 0 saturated carbocycles. The molecule has 0 aliphatic carbocycles. The lowest BCUT2D eigenvalue weighted by molar-refractivity contribution is -0.134. The quantitative estimate of drug-likeness (QED) is 0.192. The van der Waals surface area contributed by atoms with Crippen LogP contribution in [0.3, 0.4) is 0 Å². The Morgan fingerprint density at radius 1 is 0.867 bits per heavy atom. The van der Waals surface area contributed by atoms with Crippen LogP contribution in [0.15, 0.2) is 30.3 Å². The molecule has 0 spiro atoms. The summed E-state index contributed by atoms with van der Waals surface area (Å²) in [7, 11) is -7.41. The van der Waals surface area contributed by atoms with E-state index in [0.717, 1.165) is 30.9 Å². The molecule has 0 aliphatic heterocycles. The Morgan fingerprint density at radius 3 is 2.10 bits per heavy atom. The fourth-order valence-corrected chi connectivity index (χ4v) is 3.14. The van der Waals surface area contributed by atoms with Crippen molar-refractivity contribution in [1.29, 1.82) is 0 Å². The number of ether oxygens (including phenoxy) is 3. The number of rotatable bonds is 17. The Morgan fingerprint density at radius 2 is 1.50 bits per heavy atom. The van der Waals surface area contributed by atoms with Crippen molar-refractivity contribution in [2.24, 2.45) is 5.92 Å². The molecule has 30 heavy (non-hydrogen) atoms. The Balaban J connectivity index is 2.73. The first-order chi connectivity index (χ1) is 14.1. The van der Waals surface area contributed by atoms with Crippen molar-refractivity contribution >= 4 is 20.2 Å². The average Bonchev–Trinajstić information content (AvgIpc) is 2.66. The molecule has 1 aromatic rings. The molecule has 0 saturated heterocycles. The molecule has 1 aromatic carbocycles. The van der Waals surface area contributed by atoms with Crippen LogP contribution < -0.4 is 0 Å². The summed E-state index contributed by atoms with van der Waals surface area (Å²) < 4.78 is 72.2. The van der Waals surface area contributed by atoms with Crippen LogP contribution in [0.2, 0.25) is 0 Å². The van der Waals surface area contributed by atoms with Gasteiger partial charge in [-0.2, -0.15) is 16.8 Å². The molecule has 0 heterocycles. The molecule has 1 rings (SSSR count). The summed E-state index contributed by atoms with van der Waals surface area (Å²) in [6.07, 6.45) is 2.82. The van der Waals surface area contributed by atoms with Gasteiger partial charge < -0.3 is 14.2 Å². The molecule has 0 bridgehead atoms. The third kappa shape index (κ3) is 14.0. The van der Waals surface area contributed by atoms with E-state index in [0.29, 0.717) is 13.2 Å². The molecule has 0 fully saturated rings. The monoisotopic (exact) mass is 468 g/mol. The molecule has 0 N–H and O–H groups in total. The summed E-state index contributed by atoms with van der Waals surface area (Å²) in [6, 6.07) is 9.45. The molecule has 0 aliphatic rings. The molecular weight excluding hydrogens is 436 g/mol. The standard InChI is InChI=1S/C19H32O9S2/c1-4-5-11-24-13-18(14-27-29(2,20)21)19(15-28-30(3,22)23)26-16-25-12-17-9-7-6-8-10-17/h6-10,18-19H,4-5,11-16H2,1-3H3/t18-,19+/m0/s1. The van der Waals surface area contributed by atoms with Gasteiger partial charge in [-0.3, -0.25) is 8.37 Å². The second-order valence-corrected chi connectivity index (χ2v) is 10.1. The summed E-state index contributed by atoms with van der Waals surface area (Å²) in [5.41, 5.74) is 0.949. The van der Waals surface area contributed by atoms with E-state index < -0.39 is 32.3 Å². The highest BCUT2D eigenvalue weighted by molar-refractivity contribution is 7.86. The molecule has 0 amide bonds. The van der Waals surface area contributed by atoms with Crippen molar-refractivity contribution in [1.82, 2.24) is 0 Å². The predicted octanol–water partition coefficient (Wildman–Crippen LogP) is 1.93. The van der Waals surface area contributed by atoms with E-state index in [4.69, 9.17) is 22.6 Å². The van der Waals surface area contributed by atoms with Crippen molar-refractivity contribution in [3.05, 3.63) is 35.9 Å². The van der Waals surface area contributed by atoms with Crippen LogP contribution in [0.5, 0.6) is 0 Å². The summed E-state index contributed by atoms with van der Waals surface area (Å²) >= 11 is 0. The van der Waals surface area contributed by atoms with Crippen LogP contribution in [-0.4, -0.2) is 68.7 Å². The Labute approximate surface area is 179 Å². The number of unbranched alkanes of at least 4 members (excludes halogenated alkanes) is 1. The lowest BCUT2D eigenvalue weighted by atomic mass is 10.1. The highest BCUT2D eigenvalue weighted by Crippen LogP contribution is 2.14. The fourth-order valence-electron chi connectivity index (χ4n) is 2.34. The van der Waals surface area contributed by atoms with Gasteiger partial charge >= 0.3 is 0 Å². The van der Waals surface area contributed by atoms with Crippen molar-refractivity contribution < 1.29 is 39.4 Å². The van der Waals surface area contributed by atoms with E-state index in [1.165, 1.54) is 0 Å². The van der Waals surface area contributed by atoms with Crippen LogP contribution >= 0.6 is 0 Å². The Kier molecular flexibility index (Phi) is 12.6. The first-order valence-electron chi connectivity index (χ1n) is 9.60. The molecule has 9 nitrogen and oxygen atoms in total. The molecule has 11 heteroatoms. The summed E-state index contributed by atoms with van der Waals surface area (Å²) in [6.45, 7) is 2.23. The summed E-state index contributed by atoms with van der Waals surface area (Å²) in [4.78, 5) is 0. The van der Waals surface area contributed by atoms with Gasteiger partial charge in [-0.1, -0.05) is 43.7 Å². The third-order valence-electron chi connectivity index (χ3n) is 3.92. The van der Waals surface area contributed by atoms with Crippen LogP contribution in [0.25, 0.3) is 0 Å². The number of hydrogen-bond acceptors (Lipinski definition) is 9. The molecule has 2 atom stereocenters. The second-order valence-electron chi connectivity index (χ2n) is 6.82. The molecule has 0 radical (unpaired) electrons. The van der Waals surface area contributed by atoms with Gasteiger partial charge in [-0.25, -0.2) is 0 Å². The SMILES string of the molecule is CCCCOC[C@@H](COS(C)(=O)=O)[C@@H](COS(C)(=O)=O)OCOCc1ccccc1. The van der Waals surface area contributed by atoms with Crippen molar-refractivity contribution in [3.8, 4) is 0 Å². The van der Waals surface area contributed by atoms with Crippen LogP contribution in [-0.2, 0) is 49.4 Å². The first kappa shape index (κ1) is 27.0. The van der Waals surface area contributed by atoms with E-state index in [1.807, 2.05) is 37.3 Å². The largest absolute Gasteiger partial charge is 0.381 e. The van der Waals surface area contributed by atoms with E-state index in [1.54, 1.807) is 0 Å². The van der Waals surface area contributed by atoms with Gasteiger partial charge in [0.2, 0.25) is 0 Å². The highest BCUT2D eigenvalue weighted by atomic mass is 32.2. The van der Waals surface area contributed by atoms with E-state index in [-0.39, 0.29) is 26.6 Å². The lowest BCUT2D eigenvalue weighted by Crippen LogP contribution is -2.37. The number of benzene rings is 1. The van der Waals surface area contributed by atoms with Crippen molar-refractivity contribution in [2.75, 3.05) is 45.7 Å². The zero-order chi connectivity index (χ0) is 22.5. The maximum Gasteiger partial charge on any atom is 0.264 e. The van der Waals surface area contributed by atoms with Gasteiger partial charge in [0.25, 0.3) is 20.2 Å². The predicted molar refractivity (Wildman–Crippen MR) is 112 cm³/mol. The first-order valence-corrected chi connectivity index (χ1v) is 13.2. The fraction of sp³-hybridized carbons (Fsp3) is 0.684. The van der Waals surface area contributed by atoms with E-state index >= 15 is 0 Å². The third-order valence-corrected chi connectivity index (χ3v) is 5.05. The van der Waals surface area contributed by atoms with Gasteiger partial charge in [0, 0.05) is 12.5 Å². The minimum Gasteiger partial charge on any atom is -0.381 e. The topological polar surface area (TPSA) is 114 Å². The zero-order valence-corrected chi connectivity index (χ0v) is 19.3. The van der Waals surface area contributed by atoms with Gasteiger partial charge in [-0.05, 0) is 12.0 Å². The lowest BCUT2D eigenvalue weighted by Gasteiger charge is -2.26. The van der Waals surface area contributed by atoms with Crippen LogP contribution in [0, 0.1) is 5.92 Å². The van der Waals surface area contributed by atoms with Gasteiger partial charge in [0.1, 0.15) is 6.79 Å². The van der Waals surface area contributed by atoms with E-state index in [2.05, 4.69) is 0 Å². The van der Waals surface area contributed by atoms with Gasteiger partial charge in [-0.15, -0.1) is 0 Å². The molecular formula is C19H32O9S2. The normalized spacial score (nSPS) is 14.5. The second kappa shape index (κ2) is 14.1. The minimum atomic E-state index is -3.72. The Hall–Kier alpha value is -1.08. The van der Waals surface area contributed by atoms with Crippen LogP contribution in [0.4, 0.5) is 0 Å².